The molecule has 7 nitrogen and oxygen atoms in total. The number of rotatable bonds is 7. The normalized spacial score (nSPS) is 10.9. The van der Waals surface area contributed by atoms with E-state index in [0.717, 1.165) is 18.8 Å². The number of aryl methyl sites for hydroxylation is 1. The van der Waals surface area contributed by atoms with Crippen molar-refractivity contribution < 1.29 is 4.74 Å². The Kier molecular flexibility index (Phi) is 5.08. The van der Waals surface area contributed by atoms with Crippen molar-refractivity contribution in [3.63, 3.8) is 0 Å². The van der Waals surface area contributed by atoms with Crippen molar-refractivity contribution in [3.8, 4) is 6.01 Å². The van der Waals surface area contributed by atoms with Crippen LogP contribution in [0, 0.1) is 0 Å². The largest absolute Gasteiger partial charge is 0.461 e. The second-order valence-electron chi connectivity index (χ2n) is 4.99. The van der Waals surface area contributed by atoms with Crippen LogP contribution in [0.5, 0.6) is 6.01 Å². The number of ether oxygens (including phenoxy) is 1. The molecule has 114 valence electrons. The molecule has 0 aliphatic rings. The zero-order chi connectivity index (χ0) is 15.2. The number of nitrogens with zero attached hydrogens (tertiary/aromatic N) is 5. The summed E-state index contributed by atoms with van der Waals surface area (Å²) in [6.45, 7) is 6.96. The second-order valence-corrected chi connectivity index (χ2v) is 4.99. The minimum atomic E-state index is 0.0204. The molecule has 2 heterocycles. The molecule has 2 aromatic heterocycles. The molecule has 0 unspecified atom stereocenters. The van der Waals surface area contributed by atoms with Gasteiger partial charge in [0, 0.05) is 26.0 Å². The molecule has 0 radical (unpaired) electrons. The lowest BCUT2D eigenvalue weighted by atomic mass is 10.3. The maximum absolute atomic E-state index is 5.56. The Hall–Kier alpha value is -2.18. The highest BCUT2D eigenvalue weighted by molar-refractivity contribution is 5.25. The second kappa shape index (κ2) is 7.01. The third-order valence-electron chi connectivity index (χ3n) is 2.81. The first-order chi connectivity index (χ1) is 10.1. The number of hydrogen-bond donors (Lipinski definition) is 1. The summed E-state index contributed by atoms with van der Waals surface area (Å²) in [5.41, 5.74) is 0. The maximum Gasteiger partial charge on any atom is 0.321 e. The highest BCUT2D eigenvalue weighted by Gasteiger charge is 2.11. The molecule has 0 saturated heterocycles. The summed E-state index contributed by atoms with van der Waals surface area (Å²) in [6, 6.07) is 0.341. The molecule has 0 bridgehead atoms. The first kappa shape index (κ1) is 15.2. The smallest absolute Gasteiger partial charge is 0.321 e. The van der Waals surface area contributed by atoms with E-state index in [1.807, 2.05) is 20.0 Å². The van der Waals surface area contributed by atoms with E-state index in [2.05, 4.69) is 36.7 Å². The van der Waals surface area contributed by atoms with Crippen molar-refractivity contribution in [1.29, 1.82) is 0 Å². The molecular formula is C14H22N6O. The molecule has 0 amide bonds. The summed E-state index contributed by atoms with van der Waals surface area (Å²) in [6.07, 6.45) is 5.41. The highest BCUT2D eigenvalue weighted by atomic mass is 16.5. The maximum atomic E-state index is 5.56. The van der Waals surface area contributed by atoms with E-state index in [4.69, 9.17) is 4.74 Å². The lowest BCUT2D eigenvalue weighted by Gasteiger charge is -2.10. The number of nitrogens with one attached hydrogen (secondary N) is 1. The van der Waals surface area contributed by atoms with Gasteiger partial charge in [-0.25, -0.2) is 4.98 Å². The fourth-order valence-electron chi connectivity index (χ4n) is 1.95. The molecule has 0 aliphatic carbocycles. The van der Waals surface area contributed by atoms with Crippen molar-refractivity contribution >= 4 is 5.95 Å². The van der Waals surface area contributed by atoms with E-state index in [-0.39, 0.29) is 6.10 Å². The Morgan fingerprint density at radius 3 is 2.76 bits per heavy atom. The molecule has 2 rings (SSSR count). The molecule has 1 N–H and O–H groups in total. The summed E-state index contributed by atoms with van der Waals surface area (Å²) in [7, 11) is 1.77. The summed E-state index contributed by atoms with van der Waals surface area (Å²) in [5, 5.41) is 2.93. The van der Waals surface area contributed by atoms with Crippen LogP contribution in [0.15, 0.2) is 12.4 Å². The number of anilines is 1. The molecular weight excluding hydrogens is 268 g/mol. The Morgan fingerprint density at radius 2 is 2.10 bits per heavy atom. The van der Waals surface area contributed by atoms with E-state index in [9.17, 15) is 0 Å². The topological polar surface area (TPSA) is 77.8 Å². The first-order valence-electron chi connectivity index (χ1n) is 7.21. The van der Waals surface area contributed by atoms with Gasteiger partial charge in [0.25, 0.3) is 0 Å². The van der Waals surface area contributed by atoms with Crippen molar-refractivity contribution in [3.05, 3.63) is 24.0 Å². The number of hydrogen-bond acceptors (Lipinski definition) is 6. The average molecular weight is 290 g/mol. The predicted octanol–water partition coefficient (Wildman–Crippen LogP) is 1.90. The van der Waals surface area contributed by atoms with Crippen LogP contribution in [0.3, 0.4) is 0 Å². The Bertz CT molecular complexity index is 581. The standard InChI is InChI=1S/C14H22N6O/c1-5-7-20-8-6-16-12(20)9-11-17-13(15-4)19-14(18-11)21-10(2)3/h6,8,10H,5,7,9H2,1-4H3,(H,15,17,18,19). The fourth-order valence-corrected chi connectivity index (χ4v) is 1.95. The van der Waals surface area contributed by atoms with E-state index in [1.54, 1.807) is 13.2 Å². The van der Waals surface area contributed by atoms with Crippen molar-refractivity contribution in [2.75, 3.05) is 12.4 Å². The third kappa shape index (κ3) is 4.14. The molecule has 0 fully saturated rings. The van der Waals surface area contributed by atoms with Gasteiger partial charge in [0.2, 0.25) is 5.95 Å². The lowest BCUT2D eigenvalue weighted by Crippen LogP contribution is -2.13. The van der Waals surface area contributed by atoms with Gasteiger partial charge in [-0.1, -0.05) is 6.92 Å². The van der Waals surface area contributed by atoms with Crippen molar-refractivity contribution in [1.82, 2.24) is 24.5 Å². The summed E-state index contributed by atoms with van der Waals surface area (Å²) >= 11 is 0. The first-order valence-corrected chi connectivity index (χ1v) is 7.21. The molecule has 0 spiro atoms. The Morgan fingerprint density at radius 1 is 1.29 bits per heavy atom. The summed E-state index contributed by atoms with van der Waals surface area (Å²) in [5.74, 6) is 2.10. The van der Waals surface area contributed by atoms with Crippen LogP contribution < -0.4 is 10.1 Å². The minimum absolute atomic E-state index is 0.0204. The highest BCUT2D eigenvalue weighted by Crippen LogP contribution is 2.12. The van der Waals surface area contributed by atoms with E-state index in [1.165, 1.54) is 0 Å². The molecule has 0 saturated carbocycles. The van der Waals surface area contributed by atoms with E-state index >= 15 is 0 Å². The van der Waals surface area contributed by atoms with Gasteiger partial charge in [0.1, 0.15) is 11.6 Å². The van der Waals surface area contributed by atoms with Gasteiger partial charge in [-0.15, -0.1) is 0 Å². The fraction of sp³-hybridized carbons (Fsp3) is 0.571. The monoisotopic (exact) mass is 290 g/mol. The summed E-state index contributed by atoms with van der Waals surface area (Å²) < 4.78 is 7.68. The van der Waals surface area contributed by atoms with Gasteiger partial charge in [-0.3, -0.25) is 0 Å². The molecule has 7 heteroatoms. The van der Waals surface area contributed by atoms with Crippen LogP contribution in [0.1, 0.15) is 38.8 Å². The van der Waals surface area contributed by atoms with Crippen molar-refractivity contribution in [2.24, 2.45) is 0 Å². The van der Waals surface area contributed by atoms with Gasteiger partial charge in [-0.05, 0) is 20.3 Å². The van der Waals surface area contributed by atoms with Crippen LogP contribution >= 0.6 is 0 Å². The predicted molar refractivity (Wildman–Crippen MR) is 80.5 cm³/mol. The van der Waals surface area contributed by atoms with Gasteiger partial charge >= 0.3 is 6.01 Å². The van der Waals surface area contributed by atoms with E-state index < -0.39 is 0 Å². The van der Waals surface area contributed by atoms with Crippen LogP contribution in [-0.2, 0) is 13.0 Å². The molecule has 21 heavy (non-hydrogen) atoms. The minimum Gasteiger partial charge on any atom is -0.461 e. The third-order valence-corrected chi connectivity index (χ3v) is 2.81. The van der Waals surface area contributed by atoms with Gasteiger partial charge in [-0.2, -0.15) is 15.0 Å². The zero-order valence-corrected chi connectivity index (χ0v) is 13.0. The zero-order valence-electron chi connectivity index (χ0n) is 13.0. The quantitative estimate of drug-likeness (QED) is 0.839. The van der Waals surface area contributed by atoms with Crippen LogP contribution in [0.25, 0.3) is 0 Å². The van der Waals surface area contributed by atoms with Crippen molar-refractivity contribution in [2.45, 2.75) is 46.3 Å². The summed E-state index contributed by atoms with van der Waals surface area (Å²) in [4.78, 5) is 17.3. The van der Waals surface area contributed by atoms with E-state index in [0.29, 0.717) is 24.2 Å². The van der Waals surface area contributed by atoms with Crippen LogP contribution in [0.4, 0.5) is 5.95 Å². The van der Waals surface area contributed by atoms with Crippen LogP contribution in [-0.4, -0.2) is 37.7 Å². The lowest BCUT2D eigenvalue weighted by molar-refractivity contribution is 0.221. The van der Waals surface area contributed by atoms with Gasteiger partial charge < -0.3 is 14.6 Å². The molecule has 0 atom stereocenters. The SMILES string of the molecule is CCCn1ccnc1Cc1nc(NC)nc(OC(C)C)n1. The van der Waals surface area contributed by atoms with Gasteiger partial charge in [0.05, 0.1) is 12.5 Å². The van der Waals surface area contributed by atoms with Crippen LogP contribution in [0.2, 0.25) is 0 Å². The Balaban J connectivity index is 2.23. The number of imidazole rings is 1. The molecule has 0 aliphatic heterocycles. The molecule has 0 aromatic carbocycles. The van der Waals surface area contributed by atoms with Gasteiger partial charge in [0.15, 0.2) is 0 Å². The Labute approximate surface area is 124 Å². The average Bonchev–Trinajstić information content (AvgIpc) is 2.85. The number of aromatic nitrogens is 5. The molecule has 2 aromatic rings.